The number of benzene rings is 2. The summed E-state index contributed by atoms with van der Waals surface area (Å²) in [7, 11) is 0. The van der Waals surface area contributed by atoms with E-state index >= 15 is 0 Å². The molecule has 9 heteroatoms. The van der Waals surface area contributed by atoms with Gasteiger partial charge in [0.25, 0.3) is 0 Å². The van der Waals surface area contributed by atoms with Crippen LogP contribution in [0, 0.1) is 5.92 Å². The number of amides is 3. The molecule has 0 unspecified atom stereocenters. The molecule has 4 rings (SSSR count). The molecule has 2 heterocycles. The second-order valence-corrected chi connectivity index (χ2v) is 11.1. The molecule has 0 spiro atoms. The van der Waals surface area contributed by atoms with E-state index in [9.17, 15) is 19.5 Å². The van der Waals surface area contributed by atoms with Crippen LogP contribution in [0.4, 0.5) is 4.79 Å². The van der Waals surface area contributed by atoms with Gasteiger partial charge >= 0.3 is 6.09 Å². The molecule has 2 aliphatic rings. The Morgan fingerprint density at radius 1 is 1.07 bits per heavy atom. The fourth-order valence-electron chi connectivity index (χ4n) is 4.67. The molecule has 0 aromatic heterocycles. The van der Waals surface area contributed by atoms with Crippen molar-refractivity contribution in [3.8, 4) is 5.75 Å². The highest BCUT2D eigenvalue weighted by atomic mass is 16.5. The van der Waals surface area contributed by atoms with E-state index in [0.29, 0.717) is 19.4 Å². The Bertz CT molecular complexity index is 1090. The van der Waals surface area contributed by atoms with E-state index in [1.807, 2.05) is 68.4 Å². The Labute approximate surface area is 237 Å². The van der Waals surface area contributed by atoms with Crippen LogP contribution in [-0.4, -0.2) is 53.9 Å². The minimum atomic E-state index is -1.42. The smallest absolute Gasteiger partial charge is 0.408 e. The summed E-state index contributed by atoms with van der Waals surface area (Å²) < 4.78 is 11.3. The number of carbonyl (C=O) groups excluding carboxylic acids is 3. The standard InChI is InChI=1S/C31H43N3O6/c1-22(2)18-27-28(36)32-25(20-35)12-8-5-9-17-39-26-15-13-23(14-16-26)19-31(3,29(37)33-27)34-30(38)40-21-24-10-6-4-7-11-24/h4,6-7,10-11,13-16,22,25,27,35H,5,8-9,12,17-21H2,1-3H3,(H,32,36)(H,33,37)(H,34,38)/t25-,27-,31-/m0/s1. The van der Waals surface area contributed by atoms with Gasteiger partial charge in [-0.25, -0.2) is 4.79 Å². The molecule has 4 N–H and O–H groups in total. The molecule has 0 fully saturated rings. The van der Waals surface area contributed by atoms with Crippen LogP contribution in [0.1, 0.15) is 64.0 Å². The number of alkyl carbamates (subject to hydrolysis) is 1. The summed E-state index contributed by atoms with van der Waals surface area (Å²) in [6.45, 7) is 5.98. The van der Waals surface area contributed by atoms with Crippen LogP contribution in [0.25, 0.3) is 0 Å². The third-order valence-electron chi connectivity index (χ3n) is 6.93. The van der Waals surface area contributed by atoms with Crippen molar-refractivity contribution in [3.05, 3.63) is 65.7 Å². The summed E-state index contributed by atoms with van der Waals surface area (Å²) in [6, 6.07) is 15.4. The number of carbonyl (C=O) groups is 3. The fourth-order valence-corrected chi connectivity index (χ4v) is 4.67. The van der Waals surface area contributed by atoms with Crippen LogP contribution in [-0.2, 0) is 27.4 Å². The largest absolute Gasteiger partial charge is 0.494 e. The number of ether oxygens (including phenoxy) is 2. The first-order chi connectivity index (χ1) is 19.2. The first-order valence-electron chi connectivity index (χ1n) is 14.1. The first kappa shape index (κ1) is 30.9. The molecule has 9 nitrogen and oxygen atoms in total. The van der Waals surface area contributed by atoms with Crippen molar-refractivity contribution in [2.45, 2.75) is 83.5 Å². The Hall–Kier alpha value is -3.59. The molecule has 0 aliphatic carbocycles. The molecule has 2 aromatic carbocycles. The van der Waals surface area contributed by atoms with Gasteiger partial charge in [-0.15, -0.1) is 0 Å². The third kappa shape index (κ3) is 9.86. The zero-order valence-corrected chi connectivity index (χ0v) is 23.8. The average Bonchev–Trinajstić information content (AvgIpc) is 2.93. The number of rotatable bonds is 6. The van der Waals surface area contributed by atoms with Crippen molar-refractivity contribution >= 4 is 17.9 Å². The summed E-state index contributed by atoms with van der Waals surface area (Å²) in [4.78, 5) is 40.0. The van der Waals surface area contributed by atoms with Crippen LogP contribution in [0.3, 0.4) is 0 Å². The second kappa shape index (κ2) is 15.3. The highest BCUT2D eigenvalue weighted by Gasteiger charge is 2.38. The van der Waals surface area contributed by atoms with E-state index in [0.717, 1.165) is 36.1 Å². The van der Waals surface area contributed by atoms with Crippen molar-refractivity contribution in [2.24, 2.45) is 5.92 Å². The normalized spacial score (nSPS) is 22.8. The van der Waals surface area contributed by atoms with E-state index in [2.05, 4.69) is 16.0 Å². The number of fused-ring (bicyclic) bond motifs is 15. The van der Waals surface area contributed by atoms with E-state index in [4.69, 9.17) is 9.47 Å². The molecule has 0 saturated heterocycles. The molecule has 2 aliphatic heterocycles. The summed E-state index contributed by atoms with van der Waals surface area (Å²) in [5, 5.41) is 18.4. The zero-order chi connectivity index (χ0) is 29.0. The van der Waals surface area contributed by atoms with Crippen molar-refractivity contribution in [1.29, 1.82) is 0 Å². The highest BCUT2D eigenvalue weighted by Crippen LogP contribution is 2.20. The number of nitrogens with one attached hydrogen (secondary N) is 3. The summed E-state index contributed by atoms with van der Waals surface area (Å²) in [5.74, 6) is -0.0244. The van der Waals surface area contributed by atoms with Gasteiger partial charge in [0, 0.05) is 6.42 Å². The van der Waals surface area contributed by atoms with Crippen LogP contribution in [0.2, 0.25) is 0 Å². The van der Waals surface area contributed by atoms with Gasteiger partial charge in [-0.1, -0.05) is 62.7 Å². The zero-order valence-electron chi connectivity index (χ0n) is 23.8. The van der Waals surface area contributed by atoms with E-state index in [1.54, 1.807) is 6.92 Å². The number of hydrogen-bond donors (Lipinski definition) is 4. The van der Waals surface area contributed by atoms with Crippen molar-refractivity contribution < 1.29 is 29.0 Å². The lowest BCUT2D eigenvalue weighted by Crippen LogP contribution is -2.62. The van der Waals surface area contributed by atoms with Crippen LogP contribution in [0.5, 0.6) is 5.75 Å². The minimum absolute atomic E-state index is 0.0529. The molecule has 0 saturated carbocycles. The number of aliphatic hydroxyl groups is 1. The van der Waals surface area contributed by atoms with E-state index in [1.165, 1.54) is 0 Å². The second-order valence-electron chi connectivity index (χ2n) is 11.1. The van der Waals surface area contributed by atoms with Gasteiger partial charge in [-0.3, -0.25) is 9.59 Å². The number of aliphatic hydroxyl groups excluding tert-OH is 1. The SMILES string of the molecule is CC(C)C[C@@H]1NC(=O)[C@@](C)(NC(=O)OCc2ccccc2)Cc2ccc(cc2)OCCCCC[C@@H](CO)NC1=O. The molecule has 3 atom stereocenters. The lowest BCUT2D eigenvalue weighted by molar-refractivity contribution is -0.133. The Morgan fingerprint density at radius 3 is 2.48 bits per heavy atom. The average molecular weight is 554 g/mol. The molecule has 2 bridgehead atoms. The Morgan fingerprint density at radius 2 is 1.80 bits per heavy atom. The predicted molar refractivity (Wildman–Crippen MR) is 153 cm³/mol. The van der Waals surface area contributed by atoms with Crippen molar-refractivity contribution in [2.75, 3.05) is 13.2 Å². The van der Waals surface area contributed by atoms with E-state index in [-0.39, 0.29) is 31.5 Å². The van der Waals surface area contributed by atoms with Gasteiger partial charge < -0.3 is 30.5 Å². The lowest BCUT2D eigenvalue weighted by atomic mass is 9.90. The Balaban J connectivity index is 1.86. The van der Waals surface area contributed by atoms with Gasteiger partial charge in [0.05, 0.1) is 19.3 Å². The third-order valence-corrected chi connectivity index (χ3v) is 6.93. The van der Waals surface area contributed by atoms with Gasteiger partial charge in [0.1, 0.15) is 23.9 Å². The quantitative estimate of drug-likeness (QED) is 0.430. The van der Waals surface area contributed by atoms with E-state index < -0.39 is 29.6 Å². The molecule has 2 aromatic rings. The van der Waals surface area contributed by atoms with Crippen molar-refractivity contribution in [1.82, 2.24) is 16.0 Å². The molecule has 3 amide bonds. The van der Waals surface area contributed by atoms with Gasteiger partial charge in [-0.2, -0.15) is 0 Å². The highest BCUT2D eigenvalue weighted by molar-refractivity contribution is 5.94. The monoisotopic (exact) mass is 553 g/mol. The summed E-state index contributed by atoms with van der Waals surface area (Å²) >= 11 is 0. The van der Waals surface area contributed by atoms with Gasteiger partial charge in [-0.05, 0) is 61.8 Å². The summed E-state index contributed by atoms with van der Waals surface area (Å²) in [6.07, 6.45) is 3.02. The minimum Gasteiger partial charge on any atom is -0.494 e. The molecule has 0 radical (unpaired) electrons. The maximum absolute atomic E-state index is 13.8. The van der Waals surface area contributed by atoms with Gasteiger partial charge in [0.15, 0.2) is 0 Å². The molecule has 40 heavy (non-hydrogen) atoms. The van der Waals surface area contributed by atoms with Gasteiger partial charge in [0.2, 0.25) is 11.8 Å². The predicted octanol–water partition coefficient (Wildman–Crippen LogP) is 3.88. The molecular weight excluding hydrogens is 510 g/mol. The molecule has 218 valence electrons. The maximum Gasteiger partial charge on any atom is 0.408 e. The van der Waals surface area contributed by atoms with Crippen LogP contribution < -0.4 is 20.7 Å². The van der Waals surface area contributed by atoms with Crippen LogP contribution >= 0.6 is 0 Å². The topological polar surface area (TPSA) is 126 Å². The fraction of sp³-hybridized carbons (Fsp3) is 0.516. The molecular formula is C31H43N3O6. The summed E-state index contributed by atoms with van der Waals surface area (Å²) in [5.41, 5.74) is 0.201. The van der Waals surface area contributed by atoms with Crippen LogP contribution in [0.15, 0.2) is 54.6 Å². The van der Waals surface area contributed by atoms with Crippen molar-refractivity contribution in [3.63, 3.8) is 0 Å². The number of hydrogen-bond acceptors (Lipinski definition) is 6. The maximum atomic E-state index is 13.8. The first-order valence-corrected chi connectivity index (χ1v) is 14.1. The lowest BCUT2D eigenvalue weighted by Gasteiger charge is -2.32. The Kier molecular flexibility index (Phi) is 11.8.